The molecular weight excluding hydrogens is 354 g/mol. The van der Waals surface area contributed by atoms with Crippen molar-refractivity contribution in [2.75, 3.05) is 20.1 Å². The van der Waals surface area contributed by atoms with Gasteiger partial charge in [-0.2, -0.15) is 0 Å². The van der Waals surface area contributed by atoms with E-state index < -0.39 is 0 Å². The van der Waals surface area contributed by atoms with Crippen LogP contribution in [0, 0.1) is 0 Å². The summed E-state index contributed by atoms with van der Waals surface area (Å²) in [6.07, 6.45) is 5.46. The Morgan fingerprint density at radius 3 is 2.57 bits per heavy atom. The van der Waals surface area contributed by atoms with E-state index in [1.165, 1.54) is 6.08 Å². The molecule has 1 fully saturated rings. The molecule has 7 heteroatoms. The highest BCUT2D eigenvalue weighted by atomic mass is 16.2. The molecule has 1 aromatic heterocycles. The Balaban J connectivity index is 1.67. The number of nitrogens with zero attached hydrogens (tertiary/aromatic N) is 5. The van der Waals surface area contributed by atoms with Crippen LogP contribution in [0.25, 0.3) is 0 Å². The van der Waals surface area contributed by atoms with Gasteiger partial charge in [0.1, 0.15) is 0 Å². The predicted octanol–water partition coefficient (Wildman–Crippen LogP) is 2.85. The normalized spacial score (nSPS) is 15.9. The summed E-state index contributed by atoms with van der Waals surface area (Å²) in [5.41, 5.74) is 1.45. The van der Waals surface area contributed by atoms with E-state index in [0.717, 1.165) is 24.8 Å². The van der Waals surface area contributed by atoms with Crippen LogP contribution in [0.3, 0.4) is 0 Å². The van der Waals surface area contributed by atoms with Crippen molar-refractivity contribution in [3.05, 3.63) is 60.4 Å². The number of benzene rings is 1. The SMILES string of the molecule is C=CC(=O)N1CCC(n2cc(C(=O)N(C)C(CC)c3ccccc3)nn2)CC1. The molecule has 1 aliphatic heterocycles. The van der Waals surface area contributed by atoms with Crippen LogP contribution in [0.5, 0.6) is 0 Å². The molecule has 0 aliphatic carbocycles. The molecule has 0 spiro atoms. The summed E-state index contributed by atoms with van der Waals surface area (Å²) in [5.74, 6) is -0.178. The second-order valence-electron chi connectivity index (χ2n) is 7.10. The van der Waals surface area contributed by atoms with Crippen molar-refractivity contribution >= 4 is 11.8 Å². The summed E-state index contributed by atoms with van der Waals surface area (Å²) < 4.78 is 1.76. The summed E-state index contributed by atoms with van der Waals surface area (Å²) in [7, 11) is 1.81. The first-order chi connectivity index (χ1) is 13.5. The van der Waals surface area contributed by atoms with Gasteiger partial charge in [-0.15, -0.1) is 5.10 Å². The number of carbonyl (C=O) groups excluding carboxylic acids is 2. The van der Waals surface area contributed by atoms with E-state index >= 15 is 0 Å². The van der Waals surface area contributed by atoms with Crippen LogP contribution < -0.4 is 0 Å². The third-order valence-electron chi connectivity index (χ3n) is 5.41. The molecule has 3 rings (SSSR count). The zero-order valence-electron chi connectivity index (χ0n) is 16.5. The molecule has 1 saturated heterocycles. The van der Waals surface area contributed by atoms with Crippen molar-refractivity contribution in [3.63, 3.8) is 0 Å². The van der Waals surface area contributed by atoms with E-state index in [4.69, 9.17) is 0 Å². The van der Waals surface area contributed by atoms with Crippen molar-refractivity contribution in [1.82, 2.24) is 24.8 Å². The molecule has 0 bridgehead atoms. The van der Waals surface area contributed by atoms with Crippen LogP contribution in [0.2, 0.25) is 0 Å². The van der Waals surface area contributed by atoms with Crippen molar-refractivity contribution in [2.45, 2.75) is 38.3 Å². The Kier molecular flexibility index (Phi) is 6.23. The molecule has 1 aliphatic rings. The minimum atomic E-state index is -0.138. The molecule has 1 atom stereocenters. The molecule has 0 saturated carbocycles. The van der Waals surface area contributed by atoms with Gasteiger partial charge in [-0.25, -0.2) is 4.68 Å². The zero-order chi connectivity index (χ0) is 20.1. The van der Waals surface area contributed by atoms with E-state index in [1.807, 2.05) is 37.4 Å². The Morgan fingerprint density at radius 2 is 1.96 bits per heavy atom. The lowest BCUT2D eigenvalue weighted by Crippen LogP contribution is -2.38. The molecule has 7 nitrogen and oxygen atoms in total. The maximum absolute atomic E-state index is 12.9. The van der Waals surface area contributed by atoms with Gasteiger partial charge < -0.3 is 9.80 Å². The molecule has 1 unspecified atom stereocenters. The Labute approximate surface area is 165 Å². The van der Waals surface area contributed by atoms with Crippen LogP contribution in [0.15, 0.2) is 49.2 Å². The topological polar surface area (TPSA) is 71.3 Å². The van der Waals surface area contributed by atoms with Gasteiger partial charge in [-0.05, 0) is 30.9 Å². The minimum absolute atomic E-state index is 0.00740. The largest absolute Gasteiger partial charge is 0.339 e. The second kappa shape index (κ2) is 8.82. The van der Waals surface area contributed by atoms with Gasteiger partial charge in [0.05, 0.1) is 18.3 Å². The van der Waals surface area contributed by atoms with Crippen molar-refractivity contribution in [1.29, 1.82) is 0 Å². The maximum atomic E-state index is 12.9. The summed E-state index contributed by atoms with van der Waals surface area (Å²) in [6, 6.07) is 10.1. The number of carbonyl (C=O) groups is 2. The number of rotatable bonds is 6. The van der Waals surface area contributed by atoms with Gasteiger partial charge in [0.25, 0.3) is 5.91 Å². The summed E-state index contributed by atoms with van der Waals surface area (Å²) in [4.78, 5) is 28.2. The lowest BCUT2D eigenvalue weighted by atomic mass is 10.0. The van der Waals surface area contributed by atoms with Gasteiger partial charge in [-0.3, -0.25) is 9.59 Å². The average molecular weight is 381 g/mol. The van der Waals surface area contributed by atoms with Crippen LogP contribution in [-0.4, -0.2) is 56.7 Å². The number of aromatic nitrogens is 3. The lowest BCUT2D eigenvalue weighted by molar-refractivity contribution is -0.127. The van der Waals surface area contributed by atoms with Crippen LogP contribution >= 0.6 is 0 Å². The van der Waals surface area contributed by atoms with Crippen LogP contribution in [0.4, 0.5) is 0 Å². The van der Waals surface area contributed by atoms with Gasteiger partial charge in [0, 0.05) is 20.1 Å². The molecule has 2 aromatic rings. The monoisotopic (exact) mass is 381 g/mol. The quantitative estimate of drug-likeness (QED) is 0.722. The molecule has 28 heavy (non-hydrogen) atoms. The summed E-state index contributed by atoms with van der Waals surface area (Å²) >= 11 is 0. The Morgan fingerprint density at radius 1 is 1.29 bits per heavy atom. The van der Waals surface area contributed by atoms with Gasteiger partial charge >= 0.3 is 0 Å². The minimum Gasteiger partial charge on any atom is -0.339 e. The fraction of sp³-hybridized carbons (Fsp3) is 0.429. The fourth-order valence-corrected chi connectivity index (χ4v) is 3.76. The predicted molar refractivity (Wildman–Crippen MR) is 107 cm³/mol. The molecule has 0 radical (unpaired) electrons. The van der Waals surface area contributed by atoms with E-state index in [2.05, 4.69) is 23.8 Å². The molecule has 2 amide bonds. The zero-order valence-corrected chi connectivity index (χ0v) is 16.5. The highest BCUT2D eigenvalue weighted by molar-refractivity contribution is 5.92. The molecule has 1 aromatic carbocycles. The first-order valence-electron chi connectivity index (χ1n) is 9.70. The number of amides is 2. The van der Waals surface area contributed by atoms with Crippen molar-refractivity contribution < 1.29 is 9.59 Å². The van der Waals surface area contributed by atoms with E-state index in [9.17, 15) is 9.59 Å². The fourth-order valence-electron chi connectivity index (χ4n) is 3.76. The molecule has 0 N–H and O–H groups in total. The highest BCUT2D eigenvalue weighted by Crippen LogP contribution is 2.25. The van der Waals surface area contributed by atoms with Gasteiger partial charge in [0.15, 0.2) is 5.69 Å². The number of hydrogen-bond donors (Lipinski definition) is 0. The van der Waals surface area contributed by atoms with E-state index in [0.29, 0.717) is 18.8 Å². The first-order valence-corrected chi connectivity index (χ1v) is 9.70. The van der Waals surface area contributed by atoms with E-state index in [1.54, 1.807) is 20.7 Å². The van der Waals surface area contributed by atoms with E-state index in [-0.39, 0.29) is 23.9 Å². The highest BCUT2D eigenvalue weighted by Gasteiger charge is 2.27. The number of piperidine rings is 1. The standard InChI is InChI=1S/C21H27N5O2/c1-4-19(16-9-7-6-8-10-16)24(3)21(28)18-15-26(23-22-18)17-11-13-25(14-12-17)20(27)5-2/h5-10,15,17,19H,2,4,11-14H2,1,3H3. The third kappa shape index (κ3) is 4.13. The van der Waals surface area contributed by atoms with Gasteiger partial charge in [-0.1, -0.05) is 49.0 Å². The summed E-state index contributed by atoms with van der Waals surface area (Å²) in [5, 5.41) is 8.30. The van der Waals surface area contributed by atoms with Gasteiger partial charge in [0.2, 0.25) is 5.91 Å². The third-order valence-corrected chi connectivity index (χ3v) is 5.41. The molecular formula is C21H27N5O2. The number of hydrogen-bond acceptors (Lipinski definition) is 4. The van der Waals surface area contributed by atoms with Crippen LogP contribution in [-0.2, 0) is 4.79 Å². The van der Waals surface area contributed by atoms with Crippen molar-refractivity contribution in [2.24, 2.45) is 0 Å². The van der Waals surface area contributed by atoms with Crippen molar-refractivity contribution in [3.8, 4) is 0 Å². The molecule has 2 heterocycles. The smallest absolute Gasteiger partial charge is 0.276 e. The lowest BCUT2D eigenvalue weighted by Gasteiger charge is -2.31. The average Bonchev–Trinajstić information content (AvgIpc) is 3.24. The summed E-state index contributed by atoms with van der Waals surface area (Å²) in [6.45, 7) is 6.91. The molecule has 148 valence electrons. The Bertz CT molecular complexity index is 824. The first kappa shape index (κ1) is 19.8. The number of likely N-dealkylation sites (tertiary alicyclic amines) is 1. The maximum Gasteiger partial charge on any atom is 0.276 e. The van der Waals surface area contributed by atoms with Crippen LogP contribution in [0.1, 0.15) is 54.3 Å². The second-order valence-corrected chi connectivity index (χ2v) is 7.10. The Hall–Kier alpha value is -2.96.